The number of amides is 1. The number of para-hydroxylation sites is 1. The SMILES string of the molecule is CCOc1cccc2cc(C(C)NC(=O)c3cc4c([nH]c3=O)CC(C)(C)CC4=O)oc12. The molecule has 2 aromatic heterocycles. The first-order valence-corrected chi connectivity index (χ1v) is 10.4. The van der Waals surface area contributed by atoms with Crippen LogP contribution < -0.4 is 15.6 Å². The number of rotatable bonds is 5. The third-order valence-corrected chi connectivity index (χ3v) is 5.56. The van der Waals surface area contributed by atoms with Crippen LogP contribution >= 0.6 is 0 Å². The Morgan fingerprint density at radius 3 is 2.77 bits per heavy atom. The van der Waals surface area contributed by atoms with E-state index in [1.54, 1.807) is 6.92 Å². The lowest BCUT2D eigenvalue weighted by Gasteiger charge is -2.29. The summed E-state index contributed by atoms with van der Waals surface area (Å²) in [4.78, 5) is 40.7. The third kappa shape index (κ3) is 4.00. The minimum Gasteiger partial charge on any atom is -0.490 e. The molecule has 0 saturated carbocycles. The van der Waals surface area contributed by atoms with Gasteiger partial charge in [0.25, 0.3) is 11.5 Å². The molecule has 2 N–H and O–H groups in total. The van der Waals surface area contributed by atoms with Crippen molar-refractivity contribution in [2.75, 3.05) is 6.61 Å². The molecule has 1 aliphatic rings. The summed E-state index contributed by atoms with van der Waals surface area (Å²) in [6.07, 6.45) is 0.966. The lowest BCUT2D eigenvalue weighted by atomic mass is 9.75. The molecule has 0 aliphatic heterocycles. The maximum atomic E-state index is 12.8. The number of furan rings is 1. The van der Waals surface area contributed by atoms with Gasteiger partial charge in [-0.3, -0.25) is 14.4 Å². The summed E-state index contributed by atoms with van der Waals surface area (Å²) in [6, 6.07) is 8.37. The number of fused-ring (bicyclic) bond motifs is 2. The van der Waals surface area contributed by atoms with E-state index >= 15 is 0 Å². The molecule has 1 aliphatic carbocycles. The Morgan fingerprint density at radius 1 is 1.26 bits per heavy atom. The number of aromatic nitrogens is 1. The van der Waals surface area contributed by atoms with Crippen molar-refractivity contribution in [1.29, 1.82) is 0 Å². The number of carbonyl (C=O) groups excluding carboxylic acids is 2. The normalized spacial score (nSPS) is 16.1. The second kappa shape index (κ2) is 7.72. The van der Waals surface area contributed by atoms with Gasteiger partial charge in [0.15, 0.2) is 17.1 Å². The molecule has 0 radical (unpaired) electrons. The number of hydrogen-bond donors (Lipinski definition) is 2. The van der Waals surface area contributed by atoms with E-state index in [9.17, 15) is 14.4 Å². The number of pyridine rings is 1. The predicted molar refractivity (Wildman–Crippen MR) is 117 cm³/mol. The molecule has 0 saturated heterocycles. The molecule has 0 spiro atoms. The number of ketones is 1. The van der Waals surface area contributed by atoms with Gasteiger partial charge in [-0.05, 0) is 43.9 Å². The van der Waals surface area contributed by atoms with Crippen LogP contribution in [0.2, 0.25) is 0 Å². The first-order valence-electron chi connectivity index (χ1n) is 10.4. The molecule has 4 rings (SSSR count). The van der Waals surface area contributed by atoms with Crippen LogP contribution in [0.1, 0.15) is 72.3 Å². The quantitative estimate of drug-likeness (QED) is 0.643. The van der Waals surface area contributed by atoms with Crippen molar-refractivity contribution in [2.45, 2.75) is 46.6 Å². The summed E-state index contributed by atoms with van der Waals surface area (Å²) in [5.41, 5.74) is 0.827. The fourth-order valence-electron chi connectivity index (χ4n) is 4.08. The summed E-state index contributed by atoms with van der Waals surface area (Å²) in [5, 5.41) is 3.66. The fourth-order valence-corrected chi connectivity index (χ4v) is 4.08. The summed E-state index contributed by atoms with van der Waals surface area (Å²) in [5.74, 6) is 0.560. The van der Waals surface area contributed by atoms with Gasteiger partial charge in [0.1, 0.15) is 11.3 Å². The van der Waals surface area contributed by atoms with Crippen LogP contribution in [-0.2, 0) is 6.42 Å². The number of ether oxygens (including phenoxy) is 1. The Morgan fingerprint density at radius 2 is 2.03 bits per heavy atom. The summed E-state index contributed by atoms with van der Waals surface area (Å²) < 4.78 is 11.5. The van der Waals surface area contributed by atoms with E-state index in [0.29, 0.717) is 47.8 Å². The Hall–Kier alpha value is -3.35. The predicted octanol–water partition coefficient (Wildman–Crippen LogP) is 4.17. The van der Waals surface area contributed by atoms with Crippen molar-refractivity contribution >= 4 is 22.7 Å². The van der Waals surface area contributed by atoms with Crippen LogP contribution in [0.3, 0.4) is 0 Å². The molecule has 162 valence electrons. The molecule has 31 heavy (non-hydrogen) atoms. The molecular formula is C24H26N2O5. The second-order valence-electron chi connectivity index (χ2n) is 8.80. The van der Waals surface area contributed by atoms with Crippen LogP contribution in [0.25, 0.3) is 11.0 Å². The first kappa shape index (κ1) is 20.9. The number of aromatic amines is 1. The number of Topliss-reactive ketones (excluding diaryl/α,β-unsaturated/α-hetero) is 1. The molecule has 3 aromatic rings. The van der Waals surface area contributed by atoms with Crippen LogP contribution in [0.5, 0.6) is 5.75 Å². The molecule has 7 nitrogen and oxygen atoms in total. The van der Waals surface area contributed by atoms with Crippen molar-refractivity contribution in [3.05, 3.63) is 63.3 Å². The lowest BCUT2D eigenvalue weighted by Crippen LogP contribution is -2.35. The van der Waals surface area contributed by atoms with Crippen LogP contribution in [0, 0.1) is 5.41 Å². The lowest BCUT2D eigenvalue weighted by molar-refractivity contribution is 0.0910. The molecular weight excluding hydrogens is 396 g/mol. The molecule has 1 atom stereocenters. The summed E-state index contributed by atoms with van der Waals surface area (Å²) >= 11 is 0. The molecule has 2 heterocycles. The van der Waals surface area contributed by atoms with Gasteiger partial charge in [0.05, 0.1) is 12.6 Å². The zero-order valence-electron chi connectivity index (χ0n) is 18.1. The molecule has 0 bridgehead atoms. The zero-order chi connectivity index (χ0) is 22.3. The standard InChI is InChI=1S/C24H26N2O5/c1-5-30-19-8-6-7-14-9-20(31-21(14)19)13(2)25-22(28)16-10-15-17(26-23(16)29)11-24(3,4)12-18(15)27/h6-10,13H,5,11-12H2,1-4H3,(H,25,28)(H,26,29). The maximum absolute atomic E-state index is 12.8. The highest BCUT2D eigenvalue weighted by molar-refractivity contribution is 6.02. The van der Waals surface area contributed by atoms with E-state index in [-0.39, 0.29) is 16.8 Å². The van der Waals surface area contributed by atoms with Gasteiger partial charge < -0.3 is 19.5 Å². The van der Waals surface area contributed by atoms with Crippen molar-refractivity contribution in [2.24, 2.45) is 5.41 Å². The molecule has 1 amide bonds. The number of H-pyrrole nitrogens is 1. The second-order valence-corrected chi connectivity index (χ2v) is 8.80. The highest BCUT2D eigenvalue weighted by atomic mass is 16.5. The molecule has 1 aromatic carbocycles. The zero-order valence-corrected chi connectivity index (χ0v) is 18.1. The molecule has 0 fully saturated rings. The Kier molecular flexibility index (Phi) is 5.21. The van der Waals surface area contributed by atoms with Crippen LogP contribution in [0.15, 0.2) is 39.5 Å². The van der Waals surface area contributed by atoms with Gasteiger partial charge in [0.2, 0.25) is 0 Å². The van der Waals surface area contributed by atoms with Crippen molar-refractivity contribution in [3.8, 4) is 5.75 Å². The van der Waals surface area contributed by atoms with Crippen molar-refractivity contribution < 1.29 is 18.7 Å². The minimum absolute atomic E-state index is 0.0645. The maximum Gasteiger partial charge on any atom is 0.261 e. The van der Waals surface area contributed by atoms with Crippen molar-refractivity contribution in [3.63, 3.8) is 0 Å². The van der Waals surface area contributed by atoms with Crippen LogP contribution in [0.4, 0.5) is 0 Å². The van der Waals surface area contributed by atoms with Gasteiger partial charge in [-0.1, -0.05) is 26.0 Å². The van der Waals surface area contributed by atoms with Crippen molar-refractivity contribution in [1.82, 2.24) is 10.3 Å². The van der Waals surface area contributed by atoms with Gasteiger partial charge in [0, 0.05) is 23.1 Å². The number of hydrogen-bond acceptors (Lipinski definition) is 5. The van der Waals surface area contributed by atoms with Crippen LogP contribution in [-0.4, -0.2) is 23.3 Å². The highest BCUT2D eigenvalue weighted by Crippen LogP contribution is 2.34. The minimum atomic E-state index is -0.556. The first-order chi connectivity index (χ1) is 14.7. The monoisotopic (exact) mass is 422 g/mol. The Labute approximate surface area is 179 Å². The largest absolute Gasteiger partial charge is 0.490 e. The van der Waals surface area contributed by atoms with E-state index in [1.165, 1.54) is 6.07 Å². The van der Waals surface area contributed by atoms with E-state index in [0.717, 1.165) is 5.39 Å². The fraction of sp³-hybridized carbons (Fsp3) is 0.375. The average Bonchev–Trinajstić information content (AvgIpc) is 3.12. The number of benzene rings is 1. The summed E-state index contributed by atoms with van der Waals surface area (Å²) in [7, 11) is 0. The topological polar surface area (TPSA) is 101 Å². The summed E-state index contributed by atoms with van der Waals surface area (Å²) in [6.45, 7) is 8.15. The Bertz CT molecular complexity index is 1230. The van der Waals surface area contributed by atoms with E-state index < -0.39 is 17.5 Å². The van der Waals surface area contributed by atoms with Gasteiger partial charge >= 0.3 is 0 Å². The molecule has 7 heteroatoms. The third-order valence-electron chi connectivity index (χ3n) is 5.56. The van der Waals surface area contributed by atoms with E-state index in [4.69, 9.17) is 9.15 Å². The Balaban J connectivity index is 1.59. The van der Waals surface area contributed by atoms with E-state index in [2.05, 4.69) is 10.3 Å². The number of nitrogens with one attached hydrogen (secondary N) is 2. The van der Waals surface area contributed by atoms with Gasteiger partial charge in [-0.2, -0.15) is 0 Å². The van der Waals surface area contributed by atoms with Gasteiger partial charge in [-0.25, -0.2) is 0 Å². The number of carbonyl (C=O) groups is 2. The smallest absolute Gasteiger partial charge is 0.261 e. The average molecular weight is 422 g/mol. The molecule has 1 unspecified atom stereocenters. The highest BCUT2D eigenvalue weighted by Gasteiger charge is 2.33. The van der Waals surface area contributed by atoms with E-state index in [1.807, 2.05) is 45.0 Å². The van der Waals surface area contributed by atoms with Gasteiger partial charge in [-0.15, -0.1) is 0 Å².